The van der Waals surface area contributed by atoms with Gasteiger partial charge >= 0.3 is 0 Å². The van der Waals surface area contributed by atoms with Gasteiger partial charge in [0.1, 0.15) is 6.54 Å². The Morgan fingerprint density at radius 2 is 1.39 bits per heavy atom. The van der Waals surface area contributed by atoms with E-state index in [1.165, 1.54) is 87.6 Å². The van der Waals surface area contributed by atoms with Crippen LogP contribution in [0.25, 0.3) is 0 Å². The van der Waals surface area contributed by atoms with Crippen molar-refractivity contribution in [2.45, 2.75) is 104 Å². The molecule has 0 unspecified atom stereocenters. The molecule has 0 amide bonds. The number of hydrogen-bond donors (Lipinski definition) is 1. The van der Waals surface area contributed by atoms with Gasteiger partial charge in [0.05, 0.1) is 4.88 Å². The highest BCUT2D eigenvalue weighted by molar-refractivity contribution is 7.09. The Kier molecular flexibility index (Phi) is 12.5. The minimum Gasteiger partial charge on any atom is -0.396 e. The van der Waals surface area contributed by atoms with E-state index in [1.807, 2.05) is 0 Å². The molecule has 0 aliphatic heterocycles. The molecule has 0 bridgehead atoms. The average Bonchev–Trinajstić information content (AvgIpc) is 2.89. The summed E-state index contributed by atoms with van der Waals surface area (Å²) in [5.41, 5.74) is 3.57. The predicted octanol–water partition coefficient (Wildman–Crippen LogP) is 5.58. The van der Waals surface area contributed by atoms with Crippen LogP contribution in [0.4, 0.5) is 0 Å². The van der Waals surface area contributed by atoms with E-state index in [1.54, 1.807) is 11.3 Å². The molecule has 0 aliphatic rings. The minimum absolute atomic E-state index is 0.264. The number of nitrogens with zero attached hydrogens (tertiary/aromatic N) is 1. The number of aromatic nitrogens is 1. The van der Waals surface area contributed by atoms with E-state index in [0.717, 1.165) is 13.0 Å². The molecule has 0 atom stereocenters. The highest BCUT2D eigenvalue weighted by Crippen LogP contribution is 2.13. The number of aliphatic hydroxyl groups is 1. The summed E-state index contributed by atoms with van der Waals surface area (Å²) in [6.07, 6.45) is 17.7. The first-order valence-corrected chi connectivity index (χ1v) is 10.7. The highest BCUT2D eigenvalue weighted by atomic mass is 32.1. The second kappa shape index (κ2) is 14.0. The van der Waals surface area contributed by atoms with E-state index in [4.69, 9.17) is 5.11 Å². The van der Waals surface area contributed by atoms with Gasteiger partial charge in [-0.25, -0.2) is 0 Å². The van der Waals surface area contributed by atoms with E-state index >= 15 is 0 Å². The summed E-state index contributed by atoms with van der Waals surface area (Å²) < 4.78 is 2.37. The Morgan fingerprint density at radius 3 is 1.91 bits per heavy atom. The Labute approximate surface area is 147 Å². The normalized spacial score (nSPS) is 11.3. The van der Waals surface area contributed by atoms with Crippen LogP contribution in [0.2, 0.25) is 0 Å². The smallest absolute Gasteiger partial charge is 0.225 e. The molecule has 1 aromatic heterocycles. The fourth-order valence-corrected chi connectivity index (χ4v) is 4.15. The van der Waals surface area contributed by atoms with Gasteiger partial charge in [-0.1, -0.05) is 82.5 Å². The van der Waals surface area contributed by atoms with Gasteiger partial charge in [0.15, 0.2) is 5.69 Å². The van der Waals surface area contributed by atoms with E-state index in [-0.39, 0.29) is 6.61 Å². The molecule has 23 heavy (non-hydrogen) atoms. The lowest BCUT2D eigenvalue weighted by Crippen LogP contribution is -2.34. The van der Waals surface area contributed by atoms with E-state index < -0.39 is 0 Å². The van der Waals surface area contributed by atoms with Gasteiger partial charge in [0.2, 0.25) is 5.51 Å². The number of thiazole rings is 1. The lowest BCUT2D eigenvalue weighted by molar-refractivity contribution is -0.698. The molecule has 0 spiro atoms. The van der Waals surface area contributed by atoms with Gasteiger partial charge in [-0.05, 0) is 6.42 Å². The first-order chi connectivity index (χ1) is 11.3. The summed E-state index contributed by atoms with van der Waals surface area (Å²) in [4.78, 5) is 1.34. The largest absolute Gasteiger partial charge is 0.396 e. The lowest BCUT2D eigenvalue weighted by atomic mass is 10.1. The zero-order valence-corrected chi connectivity index (χ0v) is 16.3. The molecule has 0 aliphatic carbocycles. The Bertz CT molecular complexity index is 389. The van der Waals surface area contributed by atoms with Crippen molar-refractivity contribution in [3.63, 3.8) is 0 Å². The Hall–Kier alpha value is -0.410. The molecular formula is C20H38NOS+. The summed E-state index contributed by atoms with van der Waals surface area (Å²) in [6.45, 7) is 5.87. The van der Waals surface area contributed by atoms with Gasteiger partial charge in [0.25, 0.3) is 0 Å². The van der Waals surface area contributed by atoms with Gasteiger partial charge < -0.3 is 5.11 Å². The molecule has 1 rings (SSSR count). The molecule has 2 nitrogen and oxygen atoms in total. The molecule has 134 valence electrons. The zero-order chi connectivity index (χ0) is 16.8. The average molecular weight is 341 g/mol. The van der Waals surface area contributed by atoms with Gasteiger partial charge in [0, 0.05) is 26.4 Å². The summed E-state index contributed by atoms with van der Waals surface area (Å²) >= 11 is 1.79. The maximum Gasteiger partial charge on any atom is 0.225 e. The van der Waals surface area contributed by atoms with Crippen LogP contribution < -0.4 is 4.57 Å². The third-order valence-corrected chi connectivity index (χ3v) is 5.89. The van der Waals surface area contributed by atoms with Crippen molar-refractivity contribution in [2.24, 2.45) is 0 Å². The molecule has 0 fully saturated rings. The first kappa shape index (κ1) is 20.6. The number of hydrogen-bond acceptors (Lipinski definition) is 2. The third-order valence-electron chi connectivity index (χ3n) is 4.75. The standard InChI is InChI=1S/C20H38NOS/c1-3-4-5-6-7-8-9-10-11-12-13-14-16-21-18-23-20(15-17-22)19(21)2/h18,22H,3-17H2,1-2H3/q+1. The molecule has 3 heteroatoms. The van der Waals surface area contributed by atoms with Crippen molar-refractivity contribution in [1.82, 2.24) is 0 Å². The Balaban J connectivity index is 1.92. The van der Waals surface area contributed by atoms with Crippen molar-refractivity contribution in [3.8, 4) is 0 Å². The minimum atomic E-state index is 0.264. The van der Waals surface area contributed by atoms with Crippen molar-refractivity contribution < 1.29 is 9.67 Å². The maximum atomic E-state index is 9.04. The maximum absolute atomic E-state index is 9.04. The van der Waals surface area contributed by atoms with Crippen LogP contribution in [0.5, 0.6) is 0 Å². The van der Waals surface area contributed by atoms with Crippen molar-refractivity contribution in [2.75, 3.05) is 6.61 Å². The fraction of sp³-hybridized carbons (Fsp3) is 0.850. The number of aryl methyl sites for hydroxylation is 1. The van der Waals surface area contributed by atoms with Crippen LogP contribution in [0.15, 0.2) is 5.51 Å². The second-order valence-corrected chi connectivity index (χ2v) is 7.73. The van der Waals surface area contributed by atoms with Crippen LogP contribution in [-0.2, 0) is 13.0 Å². The van der Waals surface area contributed by atoms with Gasteiger partial charge in [-0.3, -0.25) is 0 Å². The van der Waals surface area contributed by atoms with E-state index in [2.05, 4.69) is 23.9 Å². The molecule has 0 saturated heterocycles. The van der Waals surface area contributed by atoms with Gasteiger partial charge in [-0.15, -0.1) is 0 Å². The summed E-state index contributed by atoms with van der Waals surface area (Å²) in [7, 11) is 0. The quantitative estimate of drug-likeness (QED) is 0.327. The second-order valence-electron chi connectivity index (χ2n) is 6.79. The SMILES string of the molecule is CCCCCCCCCCCCCC[n+]1csc(CCO)c1C. The van der Waals surface area contributed by atoms with Crippen LogP contribution in [-0.4, -0.2) is 11.7 Å². The van der Waals surface area contributed by atoms with Gasteiger partial charge in [-0.2, -0.15) is 4.57 Å². The molecule has 0 radical (unpaired) electrons. The van der Waals surface area contributed by atoms with Crippen LogP contribution in [0.1, 0.15) is 94.5 Å². The van der Waals surface area contributed by atoms with Crippen LogP contribution in [0, 0.1) is 6.92 Å². The summed E-state index contributed by atoms with van der Waals surface area (Å²) in [5.74, 6) is 0. The van der Waals surface area contributed by atoms with Crippen LogP contribution >= 0.6 is 11.3 Å². The van der Waals surface area contributed by atoms with E-state index in [0.29, 0.717) is 0 Å². The molecular weight excluding hydrogens is 302 g/mol. The topological polar surface area (TPSA) is 24.1 Å². The van der Waals surface area contributed by atoms with E-state index in [9.17, 15) is 0 Å². The zero-order valence-electron chi connectivity index (χ0n) is 15.5. The Morgan fingerprint density at radius 1 is 0.870 bits per heavy atom. The van der Waals surface area contributed by atoms with Crippen molar-refractivity contribution >= 4 is 11.3 Å². The molecule has 1 N–H and O–H groups in total. The molecule has 0 saturated carbocycles. The predicted molar refractivity (Wildman–Crippen MR) is 101 cm³/mol. The first-order valence-electron chi connectivity index (χ1n) is 9.86. The lowest BCUT2D eigenvalue weighted by Gasteiger charge is -2.02. The number of unbranched alkanes of at least 4 members (excludes halogenated alkanes) is 11. The van der Waals surface area contributed by atoms with Crippen molar-refractivity contribution in [3.05, 3.63) is 16.1 Å². The van der Waals surface area contributed by atoms with Crippen molar-refractivity contribution in [1.29, 1.82) is 0 Å². The third kappa shape index (κ3) is 9.46. The van der Waals surface area contributed by atoms with Crippen LogP contribution in [0.3, 0.4) is 0 Å². The monoisotopic (exact) mass is 340 g/mol. The number of rotatable bonds is 15. The highest BCUT2D eigenvalue weighted by Gasteiger charge is 2.13. The molecule has 1 aromatic rings. The summed E-state index contributed by atoms with van der Waals surface area (Å²) in [6, 6.07) is 0. The summed E-state index contributed by atoms with van der Waals surface area (Å²) in [5, 5.41) is 9.04. The molecule has 1 heterocycles. The fourth-order valence-electron chi connectivity index (χ4n) is 3.14. The number of aliphatic hydroxyl groups excluding tert-OH is 1. The molecule has 0 aromatic carbocycles.